The molecular weight excluding hydrogens is 262 g/mol. The highest BCUT2D eigenvalue weighted by Crippen LogP contribution is 2.32. The Balaban J connectivity index is 2.32. The minimum Gasteiger partial charge on any atom is -0.497 e. The number of rotatable bonds is 3. The summed E-state index contributed by atoms with van der Waals surface area (Å²) in [6.45, 7) is 5.01. The number of anilines is 1. The van der Waals surface area contributed by atoms with E-state index >= 15 is 0 Å². The predicted molar refractivity (Wildman–Crippen MR) is 86.5 cm³/mol. The zero-order valence-electron chi connectivity index (χ0n) is 12.6. The Bertz CT molecular complexity index is 785. The molecule has 1 aromatic heterocycles. The standard InChI is InChI=1S/C17H19N3O/c1-4-20-15-9-8-12(21-3)10-14(15)19-17(20)16-11(2)6-5-7-13(16)18/h5-10H,4,18H2,1-3H3. The Kier molecular flexibility index (Phi) is 3.29. The lowest BCUT2D eigenvalue weighted by Crippen LogP contribution is -2.01. The van der Waals surface area contributed by atoms with E-state index in [1.54, 1.807) is 7.11 Å². The molecule has 0 amide bonds. The van der Waals surface area contributed by atoms with Gasteiger partial charge in [-0.3, -0.25) is 0 Å². The number of nitrogen functional groups attached to an aromatic ring is 1. The smallest absolute Gasteiger partial charge is 0.143 e. The third-order valence-electron chi connectivity index (χ3n) is 3.80. The van der Waals surface area contributed by atoms with Gasteiger partial charge in [-0.1, -0.05) is 12.1 Å². The molecule has 0 aliphatic heterocycles. The van der Waals surface area contributed by atoms with Gasteiger partial charge in [0.15, 0.2) is 0 Å². The number of imidazole rings is 1. The van der Waals surface area contributed by atoms with Crippen molar-refractivity contribution in [2.24, 2.45) is 0 Å². The topological polar surface area (TPSA) is 53.1 Å². The number of nitrogens with two attached hydrogens (primary N) is 1. The van der Waals surface area contributed by atoms with E-state index < -0.39 is 0 Å². The minimum atomic E-state index is 0.756. The molecule has 21 heavy (non-hydrogen) atoms. The molecule has 3 rings (SSSR count). The van der Waals surface area contributed by atoms with Crippen molar-refractivity contribution in [1.82, 2.24) is 9.55 Å². The number of aryl methyl sites for hydroxylation is 2. The van der Waals surface area contributed by atoms with E-state index in [4.69, 9.17) is 15.5 Å². The molecule has 0 saturated heterocycles. The first-order chi connectivity index (χ1) is 10.2. The van der Waals surface area contributed by atoms with Gasteiger partial charge in [0.1, 0.15) is 11.6 Å². The second-order valence-electron chi connectivity index (χ2n) is 5.07. The van der Waals surface area contributed by atoms with Crippen molar-refractivity contribution >= 4 is 16.7 Å². The highest BCUT2D eigenvalue weighted by atomic mass is 16.5. The van der Waals surface area contributed by atoms with Gasteiger partial charge in [0, 0.05) is 23.9 Å². The van der Waals surface area contributed by atoms with Crippen LogP contribution in [-0.4, -0.2) is 16.7 Å². The molecule has 108 valence electrons. The second kappa shape index (κ2) is 5.13. The Labute approximate surface area is 124 Å². The van der Waals surface area contributed by atoms with Crippen LogP contribution < -0.4 is 10.5 Å². The Morgan fingerprint density at radius 3 is 2.71 bits per heavy atom. The molecule has 0 bridgehead atoms. The van der Waals surface area contributed by atoms with Gasteiger partial charge in [-0.05, 0) is 37.6 Å². The van der Waals surface area contributed by atoms with E-state index in [2.05, 4.69) is 24.5 Å². The van der Waals surface area contributed by atoms with Crippen molar-refractivity contribution in [2.75, 3.05) is 12.8 Å². The van der Waals surface area contributed by atoms with Crippen LogP contribution >= 0.6 is 0 Å². The molecule has 3 aromatic rings. The molecule has 0 saturated carbocycles. The molecule has 0 atom stereocenters. The maximum atomic E-state index is 6.18. The van der Waals surface area contributed by atoms with E-state index in [0.29, 0.717) is 0 Å². The number of hydrogen-bond acceptors (Lipinski definition) is 3. The minimum absolute atomic E-state index is 0.756. The lowest BCUT2D eigenvalue weighted by atomic mass is 10.1. The highest BCUT2D eigenvalue weighted by molar-refractivity contribution is 5.85. The summed E-state index contributed by atoms with van der Waals surface area (Å²) in [7, 11) is 1.66. The average Bonchev–Trinajstić information content (AvgIpc) is 2.84. The monoisotopic (exact) mass is 281 g/mol. The quantitative estimate of drug-likeness (QED) is 0.746. The van der Waals surface area contributed by atoms with Crippen LogP contribution in [0.2, 0.25) is 0 Å². The van der Waals surface area contributed by atoms with Crippen LogP contribution in [0.15, 0.2) is 36.4 Å². The Morgan fingerprint density at radius 2 is 2.05 bits per heavy atom. The number of aromatic nitrogens is 2. The molecule has 1 heterocycles. The molecule has 0 aliphatic rings. The first-order valence-electron chi connectivity index (χ1n) is 7.05. The van der Waals surface area contributed by atoms with Gasteiger partial charge in [0.25, 0.3) is 0 Å². The lowest BCUT2D eigenvalue weighted by molar-refractivity contribution is 0.415. The van der Waals surface area contributed by atoms with E-state index in [-0.39, 0.29) is 0 Å². The third-order valence-corrected chi connectivity index (χ3v) is 3.80. The first-order valence-corrected chi connectivity index (χ1v) is 7.05. The zero-order valence-corrected chi connectivity index (χ0v) is 12.6. The van der Waals surface area contributed by atoms with Crippen LogP contribution in [0.5, 0.6) is 5.75 Å². The van der Waals surface area contributed by atoms with Crippen LogP contribution in [0, 0.1) is 6.92 Å². The largest absolute Gasteiger partial charge is 0.497 e. The van der Waals surface area contributed by atoms with Gasteiger partial charge in [-0.2, -0.15) is 0 Å². The van der Waals surface area contributed by atoms with Gasteiger partial charge in [-0.25, -0.2) is 4.98 Å². The molecule has 2 N–H and O–H groups in total. The third kappa shape index (κ3) is 2.13. The summed E-state index contributed by atoms with van der Waals surface area (Å²) in [5.74, 6) is 1.73. The fraction of sp³-hybridized carbons (Fsp3) is 0.235. The molecule has 2 aromatic carbocycles. The number of nitrogens with zero attached hydrogens (tertiary/aromatic N) is 2. The van der Waals surface area contributed by atoms with Gasteiger partial charge in [0.05, 0.1) is 18.1 Å². The number of methoxy groups -OCH3 is 1. The van der Waals surface area contributed by atoms with Crippen molar-refractivity contribution in [3.8, 4) is 17.1 Å². The molecule has 4 heteroatoms. The van der Waals surface area contributed by atoms with Gasteiger partial charge >= 0.3 is 0 Å². The van der Waals surface area contributed by atoms with E-state index in [1.807, 2.05) is 30.3 Å². The SMILES string of the molecule is CCn1c(-c2c(C)cccc2N)nc2cc(OC)ccc21. The molecule has 0 radical (unpaired) electrons. The van der Waals surface area contributed by atoms with Crippen LogP contribution in [-0.2, 0) is 6.54 Å². The summed E-state index contributed by atoms with van der Waals surface area (Å²) < 4.78 is 7.47. The van der Waals surface area contributed by atoms with Crippen LogP contribution in [0.1, 0.15) is 12.5 Å². The van der Waals surface area contributed by atoms with Crippen molar-refractivity contribution in [1.29, 1.82) is 0 Å². The normalized spacial score (nSPS) is 11.0. The van der Waals surface area contributed by atoms with Crippen LogP contribution in [0.3, 0.4) is 0 Å². The molecule has 0 spiro atoms. The summed E-state index contributed by atoms with van der Waals surface area (Å²) in [6.07, 6.45) is 0. The summed E-state index contributed by atoms with van der Waals surface area (Å²) in [5, 5.41) is 0. The maximum absolute atomic E-state index is 6.18. The number of hydrogen-bond donors (Lipinski definition) is 1. The summed E-state index contributed by atoms with van der Waals surface area (Å²) in [6, 6.07) is 11.9. The fourth-order valence-electron chi connectivity index (χ4n) is 2.74. The average molecular weight is 281 g/mol. The summed E-state index contributed by atoms with van der Waals surface area (Å²) in [5.41, 5.74) is 11.1. The second-order valence-corrected chi connectivity index (χ2v) is 5.07. The van der Waals surface area contributed by atoms with Gasteiger partial charge < -0.3 is 15.0 Å². The number of ether oxygens (including phenoxy) is 1. The molecule has 4 nitrogen and oxygen atoms in total. The van der Waals surface area contributed by atoms with Crippen LogP contribution in [0.25, 0.3) is 22.4 Å². The van der Waals surface area contributed by atoms with E-state index in [9.17, 15) is 0 Å². The Hall–Kier alpha value is -2.49. The predicted octanol–water partition coefficient (Wildman–Crippen LogP) is 3.62. The summed E-state index contributed by atoms with van der Waals surface area (Å²) >= 11 is 0. The van der Waals surface area contributed by atoms with Gasteiger partial charge in [-0.15, -0.1) is 0 Å². The molecule has 0 aliphatic carbocycles. The molecule has 0 fully saturated rings. The number of benzene rings is 2. The first kappa shape index (κ1) is 13.5. The van der Waals surface area contributed by atoms with Crippen molar-refractivity contribution in [2.45, 2.75) is 20.4 Å². The zero-order chi connectivity index (χ0) is 15.0. The fourth-order valence-corrected chi connectivity index (χ4v) is 2.74. The van der Waals surface area contributed by atoms with Crippen LogP contribution in [0.4, 0.5) is 5.69 Å². The lowest BCUT2D eigenvalue weighted by Gasteiger charge is -2.11. The van der Waals surface area contributed by atoms with Gasteiger partial charge in [0.2, 0.25) is 0 Å². The number of fused-ring (bicyclic) bond motifs is 1. The maximum Gasteiger partial charge on any atom is 0.143 e. The van der Waals surface area contributed by atoms with E-state index in [1.165, 1.54) is 0 Å². The van der Waals surface area contributed by atoms with Crippen molar-refractivity contribution < 1.29 is 4.74 Å². The highest BCUT2D eigenvalue weighted by Gasteiger charge is 2.16. The Morgan fingerprint density at radius 1 is 1.24 bits per heavy atom. The molecule has 0 unspecified atom stereocenters. The van der Waals surface area contributed by atoms with Crippen molar-refractivity contribution in [3.05, 3.63) is 42.0 Å². The van der Waals surface area contributed by atoms with Crippen molar-refractivity contribution in [3.63, 3.8) is 0 Å². The summed E-state index contributed by atoms with van der Waals surface area (Å²) in [4.78, 5) is 4.79. The molecular formula is C17H19N3O. The van der Waals surface area contributed by atoms with E-state index in [0.717, 1.165) is 46.0 Å².